The van der Waals surface area contributed by atoms with Crippen molar-refractivity contribution in [2.24, 2.45) is 0 Å². The molecule has 1 N–H and O–H groups in total. The van der Waals surface area contributed by atoms with Crippen molar-refractivity contribution in [1.82, 2.24) is 5.32 Å². The molecule has 1 nitrogen and oxygen atoms in total. The van der Waals surface area contributed by atoms with Crippen LogP contribution in [0.25, 0.3) is 0 Å². The highest BCUT2D eigenvalue weighted by Crippen LogP contribution is 2.05. The van der Waals surface area contributed by atoms with Gasteiger partial charge in [-0.1, -0.05) is 17.7 Å². The number of nitrogens with one attached hydrogen (secondary N) is 1. The zero-order valence-corrected chi connectivity index (χ0v) is 6.02. The van der Waals surface area contributed by atoms with Gasteiger partial charge < -0.3 is 5.32 Å². The van der Waals surface area contributed by atoms with Crippen molar-refractivity contribution in [1.29, 1.82) is 0 Å². The molecule has 0 aromatic carbocycles. The molecule has 1 unspecified atom stereocenters. The van der Waals surface area contributed by atoms with Crippen molar-refractivity contribution < 1.29 is 0 Å². The molecule has 0 aliphatic carbocycles. The maximum absolute atomic E-state index is 3.22. The second-order valence-corrected chi connectivity index (χ2v) is 2.57. The highest BCUT2D eigenvalue weighted by molar-refractivity contribution is 5.11. The van der Waals surface area contributed by atoms with E-state index in [-0.39, 0.29) is 0 Å². The van der Waals surface area contributed by atoms with Gasteiger partial charge in [0.2, 0.25) is 0 Å². The summed E-state index contributed by atoms with van der Waals surface area (Å²) in [5, 5.41) is 3.22. The highest BCUT2D eigenvalue weighted by atomic mass is 14.9. The van der Waals surface area contributed by atoms with Gasteiger partial charge in [-0.3, -0.25) is 0 Å². The second-order valence-electron chi connectivity index (χ2n) is 2.57. The van der Waals surface area contributed by atoms with E-state index in [1.807, 2.05) is 6.20 Å². The van der Waals surface area contributed by atoms with Gasteiger partial charge in [-0.05, 0) is 26.5 Å². The van der Waals surface area contributed by atoms with E-state index in [9.17, 15) is 0 Å². The largest absolute Gasteiger partial charge is 0.385 e. The van der Waals surface area contributed by atoms with Crippen molar-refractivity contribution in [3.63, 3.8) is 0 Å². The van der Waals surface area contributed by atoms with Crippen LogP contribution < -0.4 is 5.32 Å². The zero-order chi connectivity index (χ0) is 6.69. The fourth-order valence-corrected chi connectivity index (χ4v) is 1.01. The molecule has 0 amide bonds. The summed E-state index contributed by atoms with van der Waals surface area (Å²) >= 11 is 0. The molecular formula is C8H13N. The van der Waals surface area contributed by atoms with Crippen LogP contribution in [0.5, 0.6) is 0 Å². The summed E-state index contributed by atoms with van der Waals surface area (Å²) in [4.78, 5) is 0. The Kier molecular flexibility index (Phi) is 1.93. The van der Waals surface area contributed by atoms with Crippen LogP contribution in [0.4, 0.5) is 0 Å². The molecule has 9 heavy (non-hydrogen) atoms. The number of hydrogen-bond donors (Lipinski definition) is 1. The summed E-state index contributed by atoms with van der Waals surface area (Å²) in [5.74, 6) is 0. The number of rotatable bonds is 0. The summed E-state index contributed by atoms with van der Waals surface area (Å²) in [6, 6.07) is 0.503. The lowest BCUT2D eigenvalue weighted by atomic mass is 10.2. The Labute approximate surface area is 56.5 Å². The lowest BCUT2D eigenvalue weighted by Gasteiger charge is -2.03. The summed E-state index contributed by atoms with van der Waals surface area (Å²) in [6.07, 6.45) is 7.52. The molecule has 0 saturated heterocycles. The zero-order valence-electron chi connectivity index (χ0n) is 6.02. The van der Waals surface area contributed by atoms with E-state index >= 15 is 0 Å². The Morgan fingerprint density at radius 2 is 2.44 bits per heavy atom. The van der Waals surface area contributed by atoms with E-state index in [0.717, 1.165) is 6.42 Å². The van der Waals surface area contributed by atoms with Crippen molar-refractivity contribution in [2.75, 3.05) is 0 Å². The van der Waals surface area contributed by atoms with Gasteiger partial charge in [0.05, 0.1) is 0 Å². The van der Waals surface area contributed by atoms with E-state index in [2.05, 4.69) is 31.3 Å². The van der Waals surface area contributed by atoms with Gasteiger partial charge >= 0.3 is 0 Å². The van der Waals surface area contributed by atoms with Crippen LogP contribution in [0.3, 0.4) is 0 Å². The first-order chi connectivity index (χ1) is 4.29. The maximum atomic E-state index is 3.22. The maximum Gasteiger partial charge on any atom is 0.0413 e. The first-order valence-electron chi connectivity index (χ1n) is 3.37. The quantitative estimate of drug-likeness (QED) is 0.484. The molecule has 0 aromatic rings. The smallest absolute Gasteiger partial charge is 0.0413 e. The molecule has 0 aromatic heterocycles. The van der Waals surface area contributed by atoms with Crippen LogP contribution in [-0.2, 0) is 0 Å². The van der Waals surface area contributed by atoms with Gasteiger partial charge in [-0.25, -0.2) is 0 Å². The van der Waals surface area contributed by atoms with Crippen LogP contribution in [0.15, 0.2) is 23.9 Å². The minimum atomic E-state index is 0.503. The van der Waals surface area contributed by atoms with E-state index in [1.165, 1.54) is 5.57 Å². The molecule has 0 saturated carbocycles. The van der Waals surface area contributed by atoms with Gasteiger partial charge in [0, 0.05) is 6.04 Å². The molecule has 0 fully saturated rings. The minimum absolute atomic E-state index is 0.503. The van der Waals surface area contributed by atoms with Gasteiger partial charge in [0.1, 0.15) is 0 Å². The second kappa shape index (κ2) is 2.72. The molecule has 1 heteroatoms. The van der Waals surface area contributed by atoms with Crippen LogP contribution in [0, 0.1) is 0 Å². The van der Waals surface area contributed by atoms with Gasteiger partial charge in [-0.2, -0.15) is 0 Å². The molecule has 50 valence electrons. The molecule has 1 aliphatic rings. The van der Waals surface area contributed by atoms with E-state index in [0.29, 0.717) is 6.04 Å². The lowest BCUT2D eigenvalue weighted by molar-refractivity contribution is 0.770. The molecule has 0 spiro atoms. The Balaban J connectivity index is 2.62. The third-order valence-electron chi connectivity index (χ3n) is 1.45. The van der Waals surface area contributed by atoms with E-state index < -0.39 is 0 Å². The molecule has 0 radical (unpaired) electrons. The third kappa shape index (κ3) is 1.92. The van der Waals surface area contributed by atoms with Crippen LogP contribution in [0.1, 0.15) is 20.3 Å². The van der Waals surface area contributed by atoms with Gasteiger partial charge in [-0.15, -0.1) is 0 Å². The highest BCUT2D eigenvalue weighted by Gasteiger charge is 1.96. The Bertz CT molecular complexity index is 145. The topological polar surface area (TPSA) is 12.0 Å². The normalized spacial score (nSPS) is 26.4. The lowest BCUT2D eigenvalue weighted by Crippen LogP contribution is -2.16. The predicted octanol–water partition coefficient (Wildman–Crippen LogP) is 1.83. The average Bonchev–Trinajstić information content (AvgIpc) is 1.93. The van der Waals surface area contributed by atoms with Gasteiger partial charge in [0.15, 0.2) is 0 Å². The van der Waals surface area contributed by atoms with Crippen LogP contribution in [0.2, 0.25) is 0 Å². The molecular weight excluding hydrogens is 110 g/mol. The monoisotopic (exact) mass is 123 g/mol. The molecule has 1 aliphatic heterocycles. The van der Waals surface area contributed by atoms with Crippen LogP contribution in [-0.4, -0.2) is 6.04 Å². The SMILES string of the molecule is CC1=CC(C)NC=CC1. The third-order valence-corrected chi connectivity index (χ3v) is 1.45. The molecule has 1 rings (SSSR count). The molecule has 1 heterocycles. The Morgan fingerprint density at radius 3 is 3.22 bits per heavy atom. The average molecular weight is 123 g/mol. The molecule has 1 atom stereocenters. The fraction of sp³-hybridized carbons (Fsp3) is 0.500. The van der Waals surface area contributed by atoms with Crippen molar-refractivity contribution in [3.05, 3.63) is 23.9 Å². The van der Waals surface area contributed by atoms with E-state index in [1.54, 1.807) is 0 Å². The first-order valence-corrected chi connectivity index (χ1v) is 3.37. The van der Waals surface area contributed by atoms with Crippen LogP contribution >= 0.6 is 0 Å². The summed E-state index contributed by atoms with van der Waals surface area (Å²) in [7, 11) is 0. The first kappa shape index (κ1) is 6.40. The van der Waals surface area contributed by atoms with Gasteiger partial charge in [0.25, 0.3) is 0 Å². The van der Waals surface area contributed by atoms with Crippen molar-refractivity contribution in [3.8, 4) is 0 Å². The van der Waals surface area contributed by atoms with Crippen molar-refractivity contribution in [2.45, 2.75) is 26.3 Å². The fourth-order valence-electron chi connectivity index (χ4n) is 1.01. The Morgan fingerprint density at radius 1 is 1.67 bits per heavy atom. The van der Waals surface area contributed by atoms with E-state index in [4.69, 9.17) is 0 Å². The minimum Gasteiger partial charge on any atom is -0.385 e. The standard InChI is InChI=1S/C8H13N/c1-7-4-3-5-9-8(2)6-7/h3,5-6,8-9H,4H2,1-2H3. The summed E-state index contributed by atoms with van der Waals surface area (Å²) < 4.78 is 0. The van der Waals surface area contributed by atoms with Crippen molar-refractivity contribution >= 4 is 0 Å². The summed E-state index contributed by atoms with van der Waals surface area (Å²) in [5.41, 5.74) is 1.45. The predicted molar refractivity (Wildman–Crippen MR) is 40.1 cm³/mol. The number of hydrogen-bond acceptors (Lipinski definition) is 1. The molecule has 0 bridgehead atoms. The Hall–Kier alpha value is -0.720. The summed E-state index contributed by atoms with van der Waals surface area (Å²) in [6.45, 7) is 4.31. The number of allylic oxidation sites excluding steroid dienone is 2.